The maximum absolute atomic E-state index is 12.7. The van der Waals surface area contributed by atoms with E-state index in [1.807, 2.05) is 31.6 Å². The van der Waals surface area contributed by atoms with Crippen LogP contribution in [0.25, 0.3) is 11.1 Å². The third kappa shape index (κ3) is 5.63. The number of hydrogen-bond acceptors (Lipinski definition) is 5. The van der Waals surface area contributed by atoms with Crippen LogP contribution in [-0.2, 0) is 17.7 Å². The molecule has 0 radical (unpaired) electrons. The number of fused-ring (bicyclic) bond motifs is 1. The number of nitrogens with one attached hydrogen (secondary N) is 2. The Labute approximate surface area is 205 Å². The minimum absolute atomic E-state index is 0.145. The molecular formula is C24H33ClN6O3. The molecular weight excluding hydrogens is 456 g/mol. The van der Waals surface area contributed by atoms with E-state index in [2.05, 4.69) is 34.6 Å². The number of ether oxygens (including phenoxy) is 1. The number of anilines is 1. The average molecular weight is 489 g/mol. The van der Waals surface area contributed by atoms with E-state index in [0.717, 1.165) is 42.6 Å². The van der Waals surface area contributed by atoms with Crippen LogP contribution in [0.4, 0.5) is 15.4 Å². The highest BCUT2D eigenvalue weighted by atomic mass is 35.5. The zero-order chi connectivity index (χ0) is 24.7. The molecule has 2 N–H and O–H groups in total. The number of amides is 3. The molecule has 1 saturated heterocycles. The van der Waals surface area contributed by atoms with E-state index in [1.54, 1.807) is 17.2 Å². The van der Waals surface area contributed by atoms with Gasteiger partial charge in [-0.2, -0.15) is 5.10 Å². The number of pyridine rings is 1. The number of nitrogens with zero attached hydrogens (tertiary/aromatic N) is 4. The van der Waals surface area contributed by atoms with Crippen LogP contribution in [0.5, 0.6) is 0 Å². The van der Waals surface area contributed by atoms with Crippen LogP contribution in [0.1, 0.15) is 53.2 Å². The maximum Gasteiger partial charge on any atom is 0.410 e. The Bertz CT molecular complexity index is 1090. The van der Waals surface area contributed by atoms with Crippen LogP contribution in [-0.4, -0.2) is 56.5 Å². The van der Waals surface area contributed by atoms with Crippen molar-refractivity contribution in [2.75, 3.05) is 18.4 Å². The predicted octanol–water partition coefficient (Wildman–Crippen LogP) is 4.70. The van der Waals surface area contributed by atoms with Gasteiger partial charge in [0.1, 0.15) is 11.4 Å². The molecule has 184 valence electrons. The second-order valence-electron chi connectivity index (χ2n) is 10.9. The normalized spacial score (nSPS) is 19.5. The highest BCUT2D eigenvalue weighted by Crippen LogP contribution is 2.39. The molecule has 2 aliphatic heterocycles. The molecule has 4 heterocycles. The third-order valence-electron chi connectivity index (χ3n) is 5.97. The number of urea groups is 1. The van der Waals surface area contributed by atoms with Gasteiger partial charge in [-0.15, -0.1) is 0 Å². The summed E-state index contributed by atoms with van der Waals surface area (Å²) in [6.07, 6.45) is 5.48. The summed E-state index contributed by atoms with van der Waals surface area (Å²) in [7, 11) is 0. The third-order valence-corrected chi connectivity index (χ3v) is 6.27. The second kappa shape index (κ2) is 9.09. The van der Waals surface area contributed by atoms with Crippen molar-refractivity contribution in [3.8, 4) is 11.1 Å². The summed E-state index contributed by atoms with van der Waals surface area (Å²) < 4.78 is 7.48. The zero-order valence-electron chi connectivity index (χ0n) is 20.4. The number of carbonyl (C=O) groups excluding carboxylic acids is 2. The minimum atomic E-state index is -0.557. The van der Waals surface area contributed by atoms with Gasteiger partial charge in [-0.1, -0.05) is 25.4 Å². The Kier molecular flexibility index (Phi) is 6.50. The lowest BCUT2D eigenvalue weighted by molar-refractivity contribution is 0.0191. The molecule has 2 aliphatic rings. The summed E-state index contributed by atoms with van der Waals surface area (Å²) in [6, 6.07) is 1.23. The van der Waals surface area contributed by atoms with Gasteiger partial charge in [0.2, 0.25) is 0 Å². The summed E-state index contributed by atoms with van der Waals surface area (Å²) in [4.78, 5) is 31.0. The molecule has 4 rings (SSSR count). The van der Waals surface area contributed by atoms with Gasteiger partial charge in [0.15, 0.2) is 0 Å². The van der Waals surface area contributed by atoms with Crippen molar-refractivity contribution in [2.24, 2.45) is 5.41 Å². The molecule has 0 saturated carbocycles. The van der Waals surface area contributed by atoms with E-state index in [4.69, 9.17) is 16.3 Å². The number of rotatable bonds is 3. The van der Waals surface area contributed by atoms with Crippen LogP contribution in [0, 0.1) is 5.41 Å². The van der Waals surface area contributed by atoms with Gasteiger partial charge in [-0.3, -0.25) is 10.00 Å². The quantitative estimate of drug-likeness (QED) is 0.652. The van der Waals surface area contributed by atoms with Crippen molar-refractivity contribution >= 4 is 29.5 Å². The first-order chi connectivity index (χ1) is 15.9. The molecule has 9 nitrogen and oxygen atoms in total. The predicted molar refractivity (Wildman–Crippen MR) is 131 cm³/mol. The van der Waals surface area contributed by atoms with E-state index in [0.29, 0.717) is 23.9 Å². The van der Waals surface area contributed by atoms with Crippen molar-refractivity contribution in [3.05, 3.63) is 29.2 Å². The molecule has 0 aromatic carbocycles. The summed E-state index contributed by atoms with van der Waals surface area (Å²) in [5.74, 6) is 0.397. The van der Waals surface area contributed by atoms with Gasteiger partial charge >= 0.3 is 12.1 Å². The lowest BCUT2D eigenvalue weighted by atomic mass is 9.89. The van der Waals surface area contributed by atoms with E-state index >= 15 is 0 Å². The second-order valence-corrected chi connectivity index (χ2v) is 11.3. The fourth-order valence-corrected chi connectivity index (χ4v) is 4.72. The SMILES string of the molecule is CC1(C)Cc2c(-c3cc(NC(=O)N[C@@H]4CCCN(C(=O)OC(C)(C)C)C4)ncc3Cl)cnn2C1. The fraction of sp³-hybridized carbons (Fsp3) is 0.583. The molecule has 0 spiro atoms. The van der Waals surface area contributed by atoms with Crippen molar-refractivity contribution in [1.29, 1.82) is 0 Å². The molecule has 10 heteroatoms. The first kappa shape index (κ1) is 24.3. The van der Waals surface area contributed by atoms with Gasteiger partial charge in [-0.25, -0.2) is 14.6 Å². The van der Waals surface area contributed by atoms with Gasteiger partial charge in [-0.05, 0) is 51.5 Å². The van der Waals surface area contributed by atoms with E-state index in [-0.39, 0.29) is 23.6 Å². The van der Waals surface area contributed by atoms with Crippen molar-refractivity contribution in [3.63, 3.8) is 0 Å². The molecule has 1 fully saturated rings. The molecule has 3 amide bonds. The Morgan fingerprint density at radius 2 is 2.00 bits per heavy atom. The monoisotopic (exact) mass is 488 g/mol. The summed E-state index contributed by atoms with van der Waals surface area (Å²) in [5.41, 5.74) is 2.48. The van der Waals surface area contributed by atoms with E-state index < -0.39 is 5.60 Å². The molecule has 2 aromatic rings. The van der Waals surface area contributed by atoms with Crippen LogP contribution in [0.15, 0.2) is 18.5 Å². The van der Waals surface area contributed by atoms with Crippen LogP contribution in [0.2, 0.25) is 5.02 Å². The highest BCUT2D eigenvalue weighted by Gasteiger charge is 2.32. The van der Waals surface area contributed by atoms with Crippen LogP contribution >= 0.6 is 11.6 Å². The van der Waals surface area contributed by atoms with Gasteiger partial charge in [0.25, 0.3) is 0 Å². The number of likely N-dealkylation sites (tertiary alicyclic amines) is 1. The van der Waals surface area contributed by atoms with E-state index in [1.165, 1.54) is 0 Å². The number of hydrogen-bond donors (Lipinski definition) is 2. The minimum Gasteiger partial charge on any atom is -0.444 e. The number of aromatic nitrogens is 3. The lowest BCUT2D eigenvalue weighted by Crippen LogP contribution is -2.51. The molecule has 0 unspecified atom stereocenters. The average Bonchev–Trinajstić information content (AvgIpc) is 3.23. The standard InChI is InChI=1S/C24H33ClN6O3/c1-23(2,3)34-22(33)30-8-6-7-15(13-30)28-21(32)29-20-9-16(18(25)12-26-20)17-11-27-31-14-24(4,5)10-19(17)31/h9,11-12,15H,6-8,10,13-14H2,1-5H3,(H2,26,28,29,32)/t15-/m1/s1. The Morgan fingerprint density at radius 3 is 2.74 bits per heavy atom. The molecule has 34 heavy (non-hydrogen) atoms. The summed E-state index contributed by atoms with van der Waals surface area (Å²) in [6.45, 7) is 11.8. The number of carbonyl (C=O) groups is 2. The van der Waals surface area contributed by atoms with E-state index in [9.17, 15) is 9.59 Å². The molecule has 0 bridgehead atoms. The van der Waals surface area contributed by atoms with Crippen molar-refractivity contribution in [1.82, 2.24) is 25.0 Å². The van der Waals surface area contributed by atoms with Crippen LogP contribution < -0.4 is 10.6 Å². The first-order valence-corrected chi connectivity index (χ1v) is 12.0. The van der Waals surface area contributed by atoms with Gasteiger partial charge < -0.3 is 15.0 Å². The Hall–Kier alpha value is -2.81. The molecule has 0 aliphatic carbocycles. The Morgan fingerprint density at radius 1 is 1.24 bits per heavy atom. The zero-order valence-corrected chi connectivity index (χ0v) is 21.2. The smallest absolute Gasteiger partial charge is 0.410 e. The molecule has 2 aromatic heterocycles. The van der Waals surface area contributed by atoms with Crippen molar-refractivity contribution in [2.45, 2.75) is 72.1 Å². The maximum atomic E-state index is 12.7. The number of piperidine rings is 1. The summed E-state index contributed by atoms with van der Waals surface area (Å²) in [5, 5.41) is 10.8. The van der Waals surface area contributed by atoms with Gasteiger partial charge in [0, 0.05) is 48.7 Å². The van der Waals surface area contributed by atoms with Crippen molar-refractivity contribution < 1.29 is 14.3 Å². The highest BCUT2D eigenvalue weighted by molar-refractivity contribution is 6.33. The Balaban J connectivity index is 1.40. The number of halogens is 1. The topological polar surface area (TPSA) is 101 Å². The van der Waals surface area contributed by atoms with Gasteiger partial charge in [0.05, 0.1) is 11.2 Å². The summed E-state index contributed by atoms with van der Waals surface area (Å²) >= 11 is 6.47. The largest absolute Gasteiger partial charge is 0.444 e. The fourth-order valence-electron chi connectivity index (χ4n) is 4.51. The lowest BCUT2D eigenvalue weighted by Gasteiger charge is -2.34. The van der Waals surface area contributed by atoms with Crippen LogP contribution in [0.3, 0.4) is 0 Å². The first-order valence-electron chi connectivity index (χ1n) is 11.7. The molecule has 1 atom stereocenters.